The molecule has 1 unspecified atom stereocenters. The van der Waals surface area contributed by atoms with Crippen molar-refractivity contribution in [2.45, 2.75) is 26.8 Å². The fourth-order valence-corrected chi connectivity index (χ4v) is 3.21. The standard InChI is InChI=1S/C19H25N7/c1-14(22-19-17(12-20)15(2)16(3)23-24-19)13-25-8-10-26(11-9-25)18-6-4-5-7-21-18/h4-7,14H,8-11,13H2,1-3H3,(H,22,24). The summed E-state index contributed by atoms with van der Waals surface area (Å²) in [6.07, 6.45) is 1.84. The molecule has 0 saturated carbocycles. The van der Waals surface area contributed by atoms with Crippen molar-refractivity contribution in [2.75, 3.05) is 42.9 Å². The third-order valence-corrected chi connectivity index (χ3v) is 4.83. The Kier molecular flexibility index (Phi) is 5.64. The molecule has 1 aliphatic heterocycles. The lowest BCUT2D eigenvalue weighted by atomic mass is 10.1. The minimum absolute atomic E-state index is 0.180. The van der Waals surface area contributed by atoms with Gasteiger partial charge in [-0.25, -0.2) is 4.98 Å². The Bertz CT molecular complexity index is 776. The molecule has 1 aliphatic rings. The van der Waals surface area contributed by atoms with Gasteiger partial charge in [-0.15, -0.1) is 5.10 Å². The summed E-state index contributed by atoms with van der Waals surface area (Å²) < 4.78 is 0. The first kappa shape index (κ1) is 18.1. The molecule has 26 heavy (non-hydrogen) atoms. The molecule has 1 N–H and O–H groups in total. The van der Waals surface area contributed by atoms with Crippen LogP contribution in [0.1, 0.15) is 23.7 Å². The van der Waals surface area contributed by atoms with Gasteiger partial charge < -0.3 is 10.2 Å². The van der Waals surface area contributed by atoms with Crippen molar-refractivity contribution in [1.29, 1.82) is 5.26 Å². The monoisotopic (exact) mass is 351 g/mol. The van der Waals surface area contributed by atoms with Gasteiger partial charge in [-0.05, 0) is 38.5 Å². The highest BCUT2D eigenvalue weighted by Gasteiger charge is 2.20. The van der Waals surface area contributed by atoms with Crippen molar-refractivity contribution in [1.82, 2.24) is 20.1 Å². The van der Waals surface area contributed by atoms with Crippen LogP contribution in [0.15, 0.2) is 24.4 Å². The number of anilines is 2. The van der Waals surface area contributed by atoms with E-state index in [2.05, 4.69) is 49.4 Å². The number of nitrogens with zero attached hydrogens (tertiary/aromatic N) is 6. The minimum atomic E-state index is 0.180. The SMILES string of the molecule is Cc1nnc(NC(C)CN2CCN(c3ccccn3)CC2)c(C#N)c1C. The summed E-state index contributed by atoms with van der Waals surface area (Å²) in [5, 5.41) is 21.1. The predicted molar refractivity (Wildman–Crippen MR) is 102 cm³/mol. The molecule has 2 aromatic rings. The maximum absolute atomic E-state index is 9.42. The van der Waals surface area contributed by atoms with E-state index < -0.39 is 0 Å². The second-order valence-electron chi connectivity index (χ2n) is 6.77. The summed E-state index contributed by atoms with van der Waals surface area (Å²) in [7, 11) is 0. The van der Waals surface area contributed by atoms with Gasteiger partial charge in [0.1, 0.15) is 17.5 Å². The first-order valence-electron chi connectivity index (χ1n) is 8.97. The van der Waals surface area contributed by atoms with Gasteiger partial charge in [0.05, 0.1) is 5.69 Å². The van der Waals surface area contributed by atoms with Gasteiger partial charge in [0, 0.05) is 45.0 Å². The Morgan fingerprint density at radius 3 is 2.62 bits per heavy atom. The minimum Gasteiger partial charge on any atom is -0.364 e. The highest BCUT2D eigenvalue weighted by molar-refractivity contribution is 5.56. The molecule has 1 saturated heterocycles. The zero-order valence-corrected chi connectivity index (χ0v) is 15.6. The van der Waals surface area contributed by atoms with Crippen LogP contribution in [0.5, 0.6) is 0 Å². The van der Waals surface area contributed by atoms with Crippen molar-refractivity contribution in [2.24, 2.45) is 0 Å². The molecule has 0 aliphatic carbocycles. The number of aryl methyl sites for hydroxylation is 1. The first-order chi connectivity index (χ1) is 12.6. The first-order valence-corrected chi connectivity index (χ1v) is 8.97. The van der Waals surface area contributed by atoms with Crippen molar-refractivity contribution in [3.8, 4) is 6.07 Å². The highest BCUT2D eigenvalue weighted by Crippen LogP contribution is 2.18. The van der Waals surface area contributed by atoms with Gasteiger partial charge >= 0.3 is 0 Å². The number of piperazine rings is 1. The molecule has 0 amide bonds. The van der Waals surface area contributed by atoms with E-state index >= 15 is 0 Å². The van der Waals surface area contributed by atoms with Crippen molar-refractivity contribution in [3.63, 3.8) is 0 Å². The number of hydrogen-bond acceptors (Lipinski definition) is 7. The van der Waals surface area contributed by atoms with Crippen molar-refractivity contribution in [3.05, 3.63) is 41.2 Å². The topological polar surface area (TPSA) is 81.0 Å². The Hall–Kier alpha value is -2.72. The molecule has 0 radical (unpaired) electrons. The predicted octanol–water partition coefficient (Wildman–Crippen LogP) is 1.98. The summed E-state index contributed by atoms with van der Waals surface area (Å²) in [5.74, 6) is 1.62. The molecule has 1 fully saturated rings. The van der Waals surface area contributed by atoms with Crippen LogP contribution < -0.4 is 10.2 Å². The number of pyridine rings is 1. The van der Waals surface area contributed by atoms with Crippen molar-refractivity contribution < 1.29 is 0 Å². The van der Waals surface area contributed by atoms with E-state index in [1.165, 1.54) is 0 Å². The third kappa shape index (κ3) is 4.09. The molecule has 7 heteroatoms. The third-order valence-electron chi connectivity index (χ3n) is 4.83. The Balaban J connectivity index is 1.55. The summed E-state index contributed by atoms with van der Waals surface area (Å²) in [6, 6.07) is 8.45. The molecule has 3 heterocycles. The lowest BCUT2D eigenvalue weighted by Crippen LogP contribution is -2.49. The average Bonchev–Trinajstić information content (AvgIpc) is 2.66. The van der Waals surface area contributed by atoms with Crippen LogP contribution in [0.2, 0.25) is 0 Å². The molecule has 0 bridgehead atoms. The normalized spacial score (nSPS) is 16.2. The molecule has 0 spiro atoms. The fraction of sp³-hybridized carbons (Fsp3) is 0.474. The van der Waals surface area contributed by atoms with Gasteiger partial charge in [0.15, 0.2) is 5.82 Å². The maximum Gasteiger partial charge on any atom is 0.167 e. The molecule has 2 aromatic heterocycles. The molecular weight excluding hydrogens is 326 g/mol. The number of aromatic nitrogens is 3. The van der Waals surface area contributed by atoms with Gasteiger partial charge in [-0.2, -0.15) is 10.4 Å². The number of nitriles is 1. The van der Waals surface area contributed by atoms with Crippen LogP contribution in [0.4, 0.5) is 11.6 Å². The van der Waals surface area contributed by atoms with E-state index in [1.807, 2.05) is 32.2 Å². The maximum atomic E-state index is 9.42. The summed E-state index contributed by atoms with van der Waals surface area (Å²) in [6.45, 7) is 10.7. The van der Waals surface area contributed by atoms with Gasteiger partial charge in [-0.1, -0.05) is 6.07 Å². The molecular formula is C19H25N7. The highest BCUT2D eigenvalue weighted by atomic mass is 15.3. The molecule has 136 valence electrons. The van der Waals surface area contributed by atoms with Crippen LogP contribution in [0, 0.1) is 25.2 Å². The second-order valence-corrected chi connectivity index (χ2v) is 6.77. The zero-order valence-electron chi connectivity index (χ0n) is 15.6. The Morgan fingerprint density at radius 1 is 1.19 bits per heavy atom. The van der Waals surface area contributed by atoms with E-state index in [9.17, 15) is 5.26 Å². The molecule has 1 atom stereocenters. The Morgan fingerprint density at radius 2 is 1.96 bits per heavy atom. The second kappa shape index (κ2) is 8.11. The van der Waals surface area contributed by atoms with E-state index in [0.29, 0.717) is 11.4 Å². The molecule has 3 rings (SSSR count). The number of hydrogen-bond donors (Lipinski definition) is 1. The lowest BCUT2D eigenvalue weighted by Gasteiger charge is -2.36. The van der Waals surface area contributed by atoms with Crippen LogP contribution >= 0.6 is 0 Å². The van der Waals surface area contributed by atoms with Gasteiger partial charge in [0.2, 0.25) is 0 Å². The average molecular weight is 351 g/mol. The van der Waals surface area contributed by atoms with Gasteiger partial charge in [-0.3, -0.25) is 4.90 Å². The summed E-state index contributed by atoms with van der Waals surface area (Å²) in [5.41, 5.74) is 2.27. The summed E-state index contributed by atoms with van der Waals surface area (Å²) in [4.78, 5) is 9.17. The van der Waals surface area contributed by atoms with Crippen LogP contribution in [0.25, 0.3) is 0 Å². The van der Waals surface area contributed by atoms with E-state index in [-0.39, 0.29) is 6.04 Å². The van der Waals surface area contributed by atoms with Crippen LogP contribution in [-0.4, -0.2) is 58.8 Å². The summed E-state index contributed by atoms with van der Waals surface area (Å²) >= 11 is 0. The number of nitrogens with one attached hydrogen (secondary N) is 1. The van der Waals surface area contributed by atoms with Crippen molar-refractivity contribution >= 4 is 11.6 Å². The van der Waals surface area contributed by atoms with Gasteiger partial charge in [0.25, 0.3) is 0 Å². The molecule has 7 nitrogen and oxygen atoms in total. The van der Waals surface area contributed by atoms with E-state index in [4.69, 9.17) is 0 Å². The van der Waals surface area contributed by atoms with Crippen LogP contribution in [0.3, 0.4) is 0 Å². The molecule has 0 aromatic carbocycles. The van der Waals surface area contributed by atoms with E-state index in [0.717, 1.165) is 49.8 Å². The van der Waals surface area contributed by atoms with Crippen LogP contribution in [-0.2, 0) is 0 Å². The van der Waals surface area contributed by atoms with E-state index in [1.54, 1.807) is 0 Å². The quantitative estimate of drug-likeness (QED) is 0.882. The smallest absolute Gasteiger partial charge is 0.167 e. The lowest BCUT2D eigenvalue weighted by molar-refractivity contribution is 0.250. The largest absolute Gasteiger partial charge is 0.364 e. The zero-order chi connectivity index (χ0) is 18.5. The number of rotatable bonds is 5. The Labute approximate surface area is 154 Å². The fourth-order valence-electron chi connectivity index (χ4n) is 3.21.